The van der Waals surface area contributed by atoms with Crippen molar-refractivity contribution in [2.75, 3.05) is 0 Å². The van der Waals surface area contributed by atoms with E-state index >= 15 is 0 Å². The molecule has 0 aliphatic carbocycles. The standard InChI is InChI=1S/C11H16N2O3/c1-7(2)9(10(14)15)11(3,16)8-6-12-4-5-13-8/h4-7,9,16H,1-3H3,(H,14,15). The second-order valence-electron chi connectivity index (χ2n) is 4.30. The quantitative estimate of drug-likeness (QED) is 0.798. The highest BCUT2D eigenvalue weighted by Crippen LogP contribution is 2.32. The lowest BCUT2D eigenvalue weighted by molar-refractivity contribution is -0.155. The molecular weight excluding hydrogens is 208 g/mol. The van der Waals surface area contributed by atoms with E-state index in [-0.39, 0.29) is 11.6 Å². The van der Waals surface area contributed by atoms with Gasteiger partial charge < -0.3 is 10.2 Å². The van der Waals surface area contributed by atoms with Crippen LogP contribution in [0.3, 0.4) is 0 Å². The third-order valence-corrected chi connectivity index (χ3v) is 2.62. The largest absolute Gasteiger partial charge is 0.481 e. The lowest BCUT2D eigenvalue weighted by atomic mass is 9.79. The summed E-state index contributed by atoms with van der Waals surface area (Å²) in [4.78, 5) is 18.9. The number of aliphatic hydroxyl groups is 1. The topological polar surface area (TPSA) is 83.3 Å². The van der Waals surface area contributed by atoms with Crippen molar-refractivity contribution in [3.05, 3.63) is 24.3 Å². The first-order valence-electron chi connectivity index (χ1n) is 5.09. The molecule has 2 N–H and O–H groups in total. The van der Waals surface area contributed by atoms with Gasteiger partial charge in [0, 0.05) is 12.4 Å². The summed E-state index contributed by atoms with van der Waals surface area (Å²) in [7, 11) is 0. The molecule has 0 aliphatic heterocycles. The summed E-state index contributed by atoms with van der Waals surface area (Å²) in [6.45, 7) is 4.96. The summed E-state index contributed by atoms with van der Waals surface area (Å²) in [5.41, 5.74) is -1.25. The number of carboxylic acids is 1. The van der Waals surface area contributed by atoms with Gasteiger partial charge in [-0.15, -0.1) is 0 Å². The Labute approximate surface area is 94.2 Å². The van der Waals surface area contributed by atoms with Gasteiger partial charge in [-0.2, -0.15) is 0 Å². The predicted molar refractivity (Wildman–Crippen MR) is 57.6 cm³/mol. The van der Waals surface area contributed by atoms with E-state index in [1.165, 1.54) is 25.5 Å². The third kappa shape index (κ3) is 2.36. The van der Waals surface area contributed by atoms with E-state index in [1.54, 1.807) is 13.8 Å². The first-order chi connectivity index (χ1) is 7.37. The van der Waals surface area contributed by atoms with Crippen molar-refractivity contribution in [3.63, 3.8) is 0 Å². The van der Waals surface area contributed by atoms with Crippen LogP contribution in [0.5, 0.6) is 0 Å². The van der Waals surface area contributed by atoms with Gasteiger partial charge in [0.25, 0.3) is 0 Å². The summed E-state index contributed by atoms with van der Waals surface area (Å²) in [6.07, 6.45) is 4.30. The number of nitrogens with zero attached hydrogens (tertiary/aromatic N) is 2. The van der Waals surface area contributed by atoms with Crippen LogP contribution >= 0.6 is 0 Å². The molecule has 1 aromatic rings. The molecule has 0 bridgehead atoms. The molecule has 88 valence electrons. The monoisotopic (exact) mass is 224 g/mol. The van der Waals surface area contributed by atoms with Crippen LogP contribution in [0.15, 0.2) is 18.6 Å². The molecule has 5 nitrogen and oxygen atoms in total. The number of carbonyl (C=O) groups is 1. The minimum absolute atomic E-state index is 0.200. The fraction of sp³-hybridized carbons (Fsp3) is 0.545. The van der Waals surface area contributed by atoms with Crippen LogP contribution in [0.2, 0.25) is 0 Å². The minimum atomic E-state index is -1.52. The van der Waals surface area contributed by atoms with Crippen LogP contribution in [0.1, 0.15) is 26.5 Å². The zero-order valence-corrected chi connectivity index (χ0v) is 9.58. The molecule has 0 fully saturated rings. The van der Waals surface area contributed by atoms with Gasteiger partial charge in [0.15, 0.2) is 0 Å². The third-order valence-electron chi connectivity index (χ3n) is 2.62. The lowest BCUT2D eigenvalue weighted by Crippen LogP contribution is -2.41. The van der Waals surface area contributed by atoms with Crippen LogP contribution < -0.4 is 0 Å². The molecular formula is C11H16N2O3. The van der Waals surface area contributed by atoms with Gasteiger partial charge >= 0.3 is 5.97 Å². The number of aromatic nitrogens is 2. The highest BCUT2D eigenvalue weighted by atomic mass is 16.4. The van der Waals surface area contributed by atoms with Crippen LogP contribution in [0.4, 0.5) is 0 Å². The fourth-order valence-electron chi connectivity index (χ4n) is 1.89. The Morgan fingerprint density at radius 2 is 2.06 bits per heavy atom. The smallest absolute Gasteiger partial charge is 0.310 e. The average Bonchev–Trinajstić information content (AvgIpc) is 2.17. The van der Waals surface area contributed by atoms with Gasteiger partial charge in [-0.25, -0.2) is 0 Å². The zero-order chi connectivity index (χ0) is 12.3. The van der Waals surface area contributed by atoms with Crippen molar-refractivity contribution in [1.29, 1.82) is 0 Å². The molecule has 0 aromatic carbocycles. The summed E-state index contributed by atoms with van der Waals surface area (Å²) in [5.74, 6) is -2.15. The van der Waals surface area contributed by atoms with Crippen LogP contribution in [-0.2, 0) is 10.4 Å². The Morgan fingerprint density at radius 3 is 2.44 bits per heavy atom. The molecule has 0 spiro atoms. The maximum atomic E-state index is 11.2. The van der Waals surface area contributed by atoms with Gasteiger partial charge in [-0.05, 0) is 12.8 Å². The second kappa shape index (κ2) is 4.57. The van der Waals surface area contributed by atoms with E-state index in [0.29, 0.717) is 0 Å². The van der Waals surface area contributed by atoms with Crippen molar-refractivity contribution >= 4 is 5.97 Å². The van der Waals surface area contributed by atoms with Crippen LogP contribution in [-0.4, -0.2) is 26.2 Å². The molecule has 1 rings (SSSR count). The second-order valence-corrected chi connectivity index (χ2v) is 4.30. The lowest BCUT2D eigenvalue weighted by Gasteiger charge is -2.31. The number of hydrogen-bond donors (Lipinski definition) is 2. The van der Waals surface area contributed by atoms with Crippen LogP contribution in [0.25, 0.3) is 0 Å². The van der Waals surface area contributed by atoms with Crippen molar-refractivity contribution < 1.29 is 15.0 Å². The first kappa shape index (κ1) is 12.6. The Kier molecular flexibility index (Phi) is 3.59. The van der Waals surface area contributed by atoms with Crippen molar-refractivity contribution in [2.24, 2.45) is 11.8 Å². The normalized spacial score (nSPS) is 16.8. The van der Waals surface area contributed by atoms with E-state index in [9.17, 15) is 9.90 Å². The summed E-state index contributed by atoms with van der Waals surface area (Å²) in [5, 5.41) is 19.4. The summed E-state index contributed by atoms with van der Waals surface area (Å²) < 4.78 is 0. The Hall–Kier alpha value is -1.49. The number of rotatable bonds is 4. The van der Waals surface area contributed by atoms with Gasteiger partial charge in [0.05, 0.1) is 17.8 Å². The van der Waals surface area contributed by atoms with E-state index < -0.39 is 17.5 Å². The number of carboxylic acid groups (broad SMARTS) is 1. The summed E-state index contributed by atoms with van der Waals surface area (Å²) in [6, 6.07) is 0. The van der Waals surface area contributed by atoms with Crippen LogP contribution in [0, 0.1) is 11.8 Å². The Morgan fingerprint density at radius 1 is 1.44 bits per heavy atom. The van der Waals surface area contributed by atoms with E-state index in [4.69, 9.17) is 5.11 Å². The van der Waals surface area contributed by atoms with E-state index in [1.807, 2.05) is 0 Å². The molecule has 5 heteroatoms. The molecule has 2 atom stereocenters. The SMILES string of the molecule is CC(C)C(C(=O)O)C(C)(O)c1cnccn1. The van der Waals surface area contributed by atoms with Crippen molar-refractivity contribution in [1.82, 2.24) is 9.97 Å². The number of aliphatic carboxylic acids is 1. The highest BCUT2D eigenvalue weighted by Gasteiger charge is 2.42. The molecule has 2 unspecified atom stereocenters. The maximum absolute atomic E-state index is 11.2. The highest BCUT2D eigenvalue weighted by molar-refractivity contribution is 5.72. The van der Waals surface area contributed by atoms with Gasteiger partial charge in [0.2, 0.25) is 0 Å². The summed E-state index contributed by atoms with van der Waals surface area (Å²) >= 11 is 0. The van der Waals surface area contributed by atoms with Crippen molar-refractivity contribution in [2.45, 2.75) is 26.4 Å². The molecule has 1 heterocycles. The molecule has 0 saturated heterocycles. The Bertz CT molecular complexity index is 363. The molecule has 0 radical (unpaired) electrons. The average molecular weight is 224 g/mol. The van der Waals surface area contributed by atoms with Gasteiger partial charge in [0.1, 0.15) is 5.60 Å². The van der Waals surface area contributed by atoms with Gasteiger partial charge in [-0.1, -0.05) is 13.8 Å². The van der Waals surface area contributed by atoms with E-state index in [2.05, 4.69) is 9.97 Å². The molecule has 16 heavy (non-hydrogen) atoms. The minimum Gasteiger partial charge on any atom is -0.481 e. The fourth-order valence-corrected chi connectivity index (χ4v) is 1.89. The Balaban J connectivity index is 3.13. The number of hydrogen-bond acceptors (Lipinski definition) is 4. The maximum Gasteiger partial charge on any atom is 0.310 e. The first-order valence-corrected chi connectivity index (χ1v) is 5.09. The van der Waals surface area contributed by atoms with Crippen molar-refractivity contribution in [3.8, 4) is 0 Å². The predicted octanol–water partition coefficient (Wildman–Crippen LogP) is 1.04. The zero-order valence-electron chi connectivity index (χ0n) is 9.58. The molecule has 0 saturated carbocycles. The molecule has 0 amide bonds. The van der Waals surface area contributed by atoms with Gasteiger partial charge in [-0.3, -0.25) is 14.8 Å². The molecule has 0 aliphatic rings. The molecule has 1 aromatic heterocycles. The van der Waals surface area contributed by atoms with E-state index in [0.717, 1.165) is 0 Å².